The van der Waals surface area contributed by atoms with E-state index < -0.39 is 0 Å². The molecule has 1 aromatic heterocycles. The molecule has 0 aliphatic rings. The van der Waals surface area contributed by atoms with E-state index in [1.165, 1.54) is 0 Å². The van der Waals surface area contributed by atoms with Gasteiger partial charge < -0.3 is 5.73 Å². The average Bonchev–Trinajstić information content (AvgIpc) is 2.50. The number of imidazole rings is 1. The van der Waals surface area contributed by atoms with Gasteiger partial charge in [0.1, 0.15) is 12.4 Å². The molecule has 67 valence electrons. The molecule has 0 spiro atoms. The minimum atomic E-state index is 0.757. The van der Waals surface area contributed by atoms with E-state index in [9.17, 15) is 0 Å². The lowest BCUT2D eigenvalue weighted by molar-refractivity contribution is -0.695. The smallest absolute Gasteiger partial charge is 0.243 e. The third kappa shape index (κ3) is 2.66. The van der Waals surface area contributed by atoms with E-state index in [0.717, 1.165) is 32.5 Å². The number of aromatic nitrogens is 2. The van der Waals surface area contributed by atoms with Crippen molar-refractivity contribution in [3.8, 4) is 0 Å². The van der Waals surface area contributed by atoms with Gasteiger partial charge in [-0.3, -0.25) is 0 Å². The van der Waals surface area contributed by atoms with Crippen LogP contribution in [0.2, 0.25) is 0 Å². The summed E-state index contributed by atoms with van der Waals surface area (Å²) in [5, 5.41) is 0. The summed E-state index contributed by atoms with van der Waals surface area (Å²) in [6.07, 6.45) is 8.22. The third-order valence-corrected chi connectivity index (χ3v) is 1.78. The van der Waals surface area contributed by atoms with Crippen LogP contribution in [0.1, 0.15) is 12.8 Å². The van der Waals surface area contributed by atoms with Gasteiger partial charge >= 0.3 is 0 Å². The van der Waals surface area contributed by atoms with Crippen LogP contribution in [0, 0.1) is 6.92 Å². The lowest BCUT2D eigenvalue weighted by atomic mass is 10.4. The fourth-order valence-electron chi connectivity index (χ4n) is 1.16. The van der Waals surface area contributed by atoms with Crippen LogP contribution in [0.5, 0.6) is 0 Å². The highest BCUT2D eigenvalue weighted by atomic mass is 15.1. The van der Waals surface area contributed by atoms with Crippen LogP contribution >= 0.6 is 0 Å². The van der Waals surface area contributed by atoms with Gasteiger partial charge in [-0.15, -0.1) is 0 Å². The highest BCUT2D eigenvalue weighted by molar-refractivity contribution is 4.66. The summed E-state index contributed by atoms with van der Waals surface area (Å²) < 4.78 is 4.30. The highest BCUT2D eigenvalue weighted by Gasteiger charge is 2.00. The van der Waals surface area contributed by atoms with Crippen LogP contribution in [0.4, 0.5) is 0 Å². The highest BCUT2D eigenvalue weighted by Crippen LogP contribution is 1.88. The quantitative estimate of drug-likeness (QED) is 0.631. The molecule has 0 amide bonds. The Kier molecular flexibility index (Phi) is 3.80. The zero-order valence-electron chi connectivity index (χ0n) is 7.45. The summed E-state index contributed by atoms with van der Waals surface area (Å²) in [5.74, 6) is 0. The van der Waals surface area contributed by atoms with Gasteiger partial charge in [-0.05, 0) is 26.3 Å². The van der Waals surface area contributed by atoms with Crippen LogP contribution in [0.15, 0.2) is 18.7 Å². The normalized spacial score (nSPS) is 10.5. The predicted octanol–water partition coefficient (Wildman–Crippen LogP) is 0.349. The fourth-order valence-corrected chi connectivity index (χ4v) is 1.16. The molecule has 0 saturated carbocycles. The summed E-state index contributed by atoms with van der Waals surface area (Å²) in [7, 11) is 0. The lowest BCUT2D eigenvalue weighted by Gasteiger charge is -1.92. The predicted molar refractivity (Wildman–Crippen MR) is 48.3 cm³/mol. The van der Waals surface area contributed by atoms with E-state index in [4.69, 9.17) is 5.73 Å². The minimum absolute atomic E-state index is 0.757. The first-order chi connectivity index (χ1) is 5.86. The van der Waals surface area contributed by atoms with Crippen LogP contribution in [-0.2, 0) is 13.1 Å². The van der Waals surface area contributed by atoms with E-state index in [1.807, 2.05) is 0 Å². The molecular weight excluding hydrogens is 150 g/mol. The molecule has 12 heavy (non-hydrogen) atoms. The molecule has 1 heterocycles. The van der Waals surface area contributed by atoms with Crippen LogP contribution in [0.25, 0.3) is 0 Å². The van der Waals surface area contributed by atoms with Crippen molar-refractivity contribution in [2.24, 2.45) is 5.73 Å². The Bertz CT molecular complexity index is 217. The van der Waals surface area contributed by atoms with Crippen LogP contribution < -0.4 is 10.3 Å². The van der Waals surface area contributed by atoms with Gasteiger partial charge in [0.25, 0.3) is 0 Å². The monoisotopic (exact) mass is 167 g/mol. The van der Waals surface area contributed by atoms with Crippen molar-refractivity contribution in [2.75, 3.05) is 6.54 Å². The van der Waals surface area contributed by atoms with Gasteiger partial charge in [0.15, 0.2) is 0 Å². The van der Waals surface area contributed by atoms with Gasteiger partial charge in [0.05, 0.1) is 13.1 Å². The van der Waals surface area contributed by atoms with Gasteiger partial charge in [0.2, 0.25) is 6.33 Å². The Balaban J connectivity index is 2.41. The molecule has 1 aromatic rings. The van der Waals surface area contributed by atoms with E-state index in [0.29, 0.717) is 0 Å². The molecule has 0 saturated heterocycles. The maximum Gasteiger partial charge on any atom is 0.243 e. The first kappa shape index (κ1) is 9.26. The molecule has 0 atom stereocenters. The van der Waals surface area contributed by atoms with E-state index in [1.54, 1.807) is 0 Å². The summed E-state index contributed by atoms with van der Waals surface area (Å²) in [5.41, 5.74) is 5.41. The van der Waals surface area contributed by atoms with Gasteiger partial charge in [-0.25, -0.2) is 9.13 Å². The molecular formula is C9H17N3+. The van der Waals surface area contributed by atoms with Crippen molar-refractivity contribution in [1.82, 2.24) is 4.57 Å². The largest absolute Gasteiger partial charge is 0.330 e. The maximum absolute atomic E-state index is 5.41. The second-order valence-electron chi connectivity index (χ2n) is 2.89. The first-order valence-corrected chi connectivity index (χ1v) is 4.41. The molecule has 2 N–H and O–H groups in total. The summed E-state index contributed by atoms with van der Waals surface area (Å²) in [6.45, 7) is 6.57. The SMILES string of the molecule is [CH2]CC[n+]1ccn(CCCN)c1. The molecule has 3 nitrogen and oxygen atoms in total. The molecule has 0 bridgehead atoms. The van der Waals surface area contributed by atoms with Crippen molar-refractivity contribution in [3.05, 3.63) is 25.6 Å². The van der Waals surface area contributed by atoms with Crippen LogP contribution in [-0.4, -0.2) is 11.1 Å². The summed E-state index contributed by atoms with van der Waals surface area (Å²) in [4.78, 5) is 0. The zero-order valence-corrected chi connectivity index (χ0v) is 7.45. The number of nitrogens with zero attached hydrogens (tertiary/aromatic N) is 2. The Hall–Kier alpha value is -0.830. The first-order valence-electron chi connectivity index (χ1n) is 4.41. The third-order valence-electron chi connectivity index (χ3n) is 1.78. The van der Waals surface area contributed by atoms with Gasteiger partial charge in [-0.2, -0.15) is 0 Å². The van der Waals surface area contributed by atoms with E-state index in [-0.39, 0.29) is 0 Å². The zero-order chi connectivity index (χ0) is 8.81. The maximum atomic E-state index is 5.41. The molecule has 3 heteroatoms. The summed E-state index contributed by atoms with van der Waals surface area (Å²) >= 11 is 0. The molecule has 0 unspecified atom stereocenters. The Morgan fingerprint density at radius 3 is 3.00 bits per heavy atom. The Morgan fingerprint density at radius 2 is 2.33 bits per heavy atom. The average molecular weight is 167 g/mol. The van der Waals surface area contributed by atoms with Crippen molar-refractivity contribution < 1.29 is 4.57 Å². The number of hydrogen-bond donors (Lipinski definition) is 1. The van der Waals surface area contributed by atoms with Crippen LogP contribution in [0.3, 0.4) is 0 Å². The molecule has 1 rings (SSSR count). The second kappa shape index (κ2) is 4.93. The van der Waals surface area contributed by atoms with E-state index >= 15 is 0 Å². The number of nitrogens with two attached hydrogens (primary N) is 1. The summed E-state index contributed by atoms with van der Waals surface area (Å²) in [6, 6.07) is 0. The Labute approximate surface area is 73.8 Å². The number of hydrogen-bond acceptors (Lipinski definition) is 1. The standard InChI is InChI=1S/C9H17N3/c1-2-5-11-7-8-12(9-11)6-3-4-10/h7-9H,1-6,10H2/q+1. The van der Waals surface area contributed by atoms with Crippen molar-refractivity contribution in [3.63, 3.8) is 0 Å². The fraction of sp³-hybridized carbons (Fsp3) is 0.556. The molecule has 0 aliphatic carbocycles. The van der Waals surface area contributed by atoms with Crippen molar-refractivity contribution >= 4 is 0 Å². The molecule has 0 aliphatic heterocycles. The van der Waals surface area contributed by atoms with Crippen molar-refractivity contribution in [1.29, 1.82) is 0 Å². The molecule has 0 aromatic carbocycles. The topological polar surface area (TPSA) is 34.8 Å². The number of aryl methyl sites for hydroxylation is 2. The van der Waals surface area contributed by atoms with E-state index in [2.05, 4.69) is 34.8 Å². The van der Waals surface area contributed by atoms with Crippen molar-refractivity contribution in [2.45, 2.75) is 25.9 Å². The van der Waals surface area contributed by atoms with Gasteiger partial charge in [-0.1, -0.05) is 0 Å². The minimum Gasteiger partial charge on any atom is -0.330 e. The molecule has 1 radical (unpaired) electrons. The number of rotatable bonds is 5. The lowest BCUT2D eigenvalue weighted by Crippen LogP contribution is -2.30. The molecule has 0 fully saturated rings. The Morgan fingerprint density at radius 1 is 1.50 bits per heavy atom. The van der Waals surface area contributed by atoms with Gasteiger partial charge in [0, 0.05) is 0 Å². The second-order valence-corrected chi connectivity index (χ2v) is 2.89.